The van der Waals surface area contributed by atoms with Gasteiger partial charge in [-0.15, -0.1) is 0 Å². The third-order valence-corrected chi connectivity index (χ3v) is 3.14. The van der Waals surface area contributed by atoms with Crippen LogP contribution in [0.4, 0.5) is 5.82 Å². The number of nitrogens with one attached hydrogen (secondary N) is 1. The van der Waals surface area contributed by atoms with Gasteiger partial charge in [0.15, 0.2) is 0 Å². The van der Waals surface area contributed by atoms with Gasteiger partial charge in [0, 0.05) is 30.0 Å². The van der Waals surface area contributed by atoms with E-state index in [0.29, 0.717) is 0 Å². The maximum Gasteiger partial charge on any atom is 0.131 e. The number of aryl methyl sites for hydroxylation is 1. The van der Waals surface area contributed by atoms with Crippen LogP contribution in [0.2, 0.25) is 0 Å². The first-order chi connectivity index (χ1) is 8.33. The van der Waals surface area contributed by atoms with E-state index in [1.165, 1.54) is 5.56 Å². The summed E-state index contributed by atoms with van der Waals surface area (Å²) in [6.07, 6.45) is 1.96. The smallest absolute Gasteiger partial charge is 0.131 e. The zero-order chi connectivity index (χ0) is 12.1. The first-order valence-electron chi connectivity index (χ1n) is 5.98. The van der Waals surface area contributed by atoms with Gasteiger partial charge in [-0.05, 0) is 17.9 Å². The molecule has 0 unspecified atom stereocenters. The number of aromatic nitrogens is 2. The van der Waals surface area contributed by atoms with Crippen molar-refractivity contribution < 1.29 is 0 Å². The number of rotatable bonds is 5. The van der Waals surface area contributed by atoms with Gasteiger partial charge in [0.05, 0.1) is 5.69 Å². The third-order valence-electron chi connectivity index (χ3n) is 2.46. The normalized spacial score (nSPS) is 10.5. The summed E-state index contributed by atoms with van der Waals surface area (Å²) in [4.78, 5) is 9.04. The first kappa shape index (κ1) is 12.0. The molecule has 3 nitrogen and oxygen atoms in total. The summed E-state index contributed by atoms with van der Waals surface area (Å²) in [5, 5.41) is 7.51. The van der Waals surface area contributed by atoms with Gasteiger partial charge in [-0.3, -0.25) is 0 Å². The van der Waals surface area contributed by atoms with Crippen LogP contribution in [0.5, 0.6) is 0 Å². The molecule has 0 aliphatic heterocycles. The molecule has 1 N–H and O–H groups in total. The molecule has 0 amide bonds. The minimum absolute atomic E-state index is 0.860. The van der Waals surface area contributed by atoms with E-state index in [1.54, 1.807) is 11.3 Å². The summed E-state index contributed by atoms with van der Waals surface area (Å²) in [6.45, 7) is 5.17. The molecule has 0 saturated carbocycles. The molecule has 4 heteroatoms. The Morgan fingerprint density at radius 2 is 2.18 bits per heavy atom. The maximum atomic E-state index is 4.56. The van der Waals surface area contributed by atoms with Crippen LogP contribution in [0.15, 0.2) is 22.9 Å². The number of anilines is 1. The lowest BCUT2D eigenvalue weighted by Gasteiger charge is -2.07. The molecule has 0 bridgehead atoms. The highest BCUT2D eigenvalue weighted by molar-refractivity contribution is 7.08. The molecule has 17 heavy (non-hydrogen) atoms. The van der Waals surface area contributed by atoms with Crippen LogP contribution in [0.1, 0.15) is 26.1 Å². The lowest BCUT2D eigenvalue weighted by atomic mass is 10.2. The molecule has 2 heterocycles. The number of nitrogens with zero attached hydrogens (tertiary/aromatic N) is 2. The molecule has 0 saturated heterocycles. The van der Waals surface area contributed by atoms with E-state index in [1.807, 2.05) is 6.07 Å². The fourth-order valence-electron chi connectivity index (χ4n) is 1.56. The Morgan fingerprint density at radius 3 is 2.82 bits per heavy atom. The fraction of sp³-hybridized carbons (Fsp3) is 0.385. The number of hydrogen-bond acceptors (Lipinski definition) is 4. The van der Waals surface area contributed by atoms with Gasteiger partial charge in [-0.1, -0.05) is 13.8 Å². The van der Waals surface area contributed by atoms with Crippen molar-refractivity contribution in [2.45, 2.75) is 26.7 Å². The monoisotopic (exact) mass is 247 g/mol. The second-order valence-corrected chi connectivity index (χ2v) is 4.63. The molecule has 0 atom stereocenters. The van der Waals surface area contributed by atoms with E-state index >= 15 is 0 Å². The van der Waals surface area contributed by atoms with Crippen LogP contribution in [0, 0.1) is 0 Å². The van der Waals surface area contributed by atoms with Gasteiger partial charge in [-0.25, -0.2) is 9.97 Å². The average Bonchev–Trinajstić information content (AvgIpc) is 2.89. The van der Waals surface area contributed by atoms with Crippen molar-refractivity contribution in [3.05, 3.63) is 28.7 Å². The fourth-order valence-corrected chi connectivity index (χ4v) is 2.21. The molecule has 0 fully saturated rings. The molecular weight excluding hydrogens is 230 g/mol. The predicted molar refractivity (Wildman–Crippen MR) is 73.5 cm³/mol. The van der Waals surface area contributed by atoms with Crippen molar-refractivity contribution >= 4 is 17.2 Å². The highest BCUT2D eigenvalue weighted by Crippen LogP contribution is 2.22. The molecule has 2 aromatic rings. The Morgan fingerprint density at radius 1 is 1.29 bits per heavy atom. The van der Waals surface area contributed by atoms with E-state index in [-0.39, 0.29) is 0 Å². The Balaban J connectivity index is 2.32. The largest absolute Gasteiger partial charge is 0.370 e. The zero-order valence-electron chi connectivity index (χ0n) is 10.2. The molecule has 0 radical (unpaired) electrons. The molecule has 0 aromatic carbocycles. The summed E-state index contributed by atoms with van der Waals surface area (Å²) >= 11 is 1.69. The Hall–Kier alpha value is -1.42. The van der Waals surface area contributed by atoms with Crippen molar-refractivity contribution in [3.8, 4) is 11.3 Å². The molecule has 0 spiro atoms. The summed E-state index contributed by atoms with van der Waals surface area (Å²) in [7, 11) is 0. The van der Waals surface area contributed by atoms with Crippen molar-refractivity contribution in [1.29, 1.82) is 0 Å². The van der Waals surface area contributed by atoms with Crippen LogP contribution in [-0.2, 0) is 6.42 Å². The van der Waals surface area contributed by atoms with E-state index in [9.17, 15) is 0 Å². The quantitative estimate of drug-likeness (QED) is 0.877. The SMILES string of the molecule is CCCNc1cc(-c2ccsc2)nc(CC)n1. The Kier molecular flexibility index (Phi) is 4.09. The number of thiophene rings is 1. The van der Waals surface area contributed by atoms with E-state index in [4.69, 9.17) is 0 Å². The van der Waals surface area contributed by atoms with E-state index in [0.717, 1.165) is 36.7 Å². The van der Waals surface area contributed by atoms with Gasteiger partial charge in [-0.2, -0.15) is 11.3 Å². The van der Waals surface area contributed by atoms with Crippen molar-refractivity contribution in [3.63, 3.8) is 0 Å². The molecule has 90 valence electrons. The van der Waals surface area contributed by atoms with Crippen molar-refractivity contribution in [2.75, 3.05) is 11.9 Å². The topological polar surface area (TPSA) is 37.8 Å². The third kappa shape index (κ3) is 3.03. The van der Waals surface area contributed by atoms with E-state index < -0.39 is 0 Å². The Bertz CT molecular complexity index is 466. The van der Waals surface area contributed by atoms with Gasteiger partial charge in [0.1, 0.15) is 11.6 Å². The number of hydrogen-bond donors (Lipinski definition) is 1. The van der Waals surface area contributed by atoms with Gasteiger partial charge >= 0.3 is 0 Å². The van der Waals surface area contributed by atoms with Crippen LogP contribution in [0.3, 0.4) is 0 Å². The minimum atomic E-state index is 0.860. The summed E-state index contributed by atoms with van der Waals surface area (Å²) in [6, 6.07) is 4.12. The second kappa shape index (κ2) is 5.77. The standard InChI is InChI=1S/C13H17N3S/c1-3-6-14-13-8-11(10-5-7-17-9-10)15-12(4-2)16-13/h5,7-9H,3-4,6H2,1-2H3,(H,14,15,16). The predicted octanol–water partition coefficient (Wildman–Crippen LogP) is 3.59. The van der Waals surface area contributed by atoms with Crippen LogP contribution < -0.4 is 5.32 Å². The maximum absolute atomic E-state index is 4.56. The average molecular weight is 247 g/mol. The summed E-state index contributed by atoms with van der Waals surface area (Å²) in [5.74, 6) is 1.83. The van der Waals surface area contributed by atoms with Crippen LogP contribution in [-0.4, -0.2) is 16.5 Å². The van der Waals surface area contributed by atoms with Gasteiger partial charge < -0.3 is 5.32 Å². The van der Waals surface area contributed by atoms with Crippen LogP contribution in [0.25, 0.3) is 11.3 Å². The Labute approximate surface area is 106 Å². The van der Waals surface area contributed by atoms with Gasteiger partial charge in [0.2, 0.25) is 0 Å². The van der Waals surface area contributed by atoms with E-state index in [2.05, 4.69) is 46.0 Å². The molecule has 0 aliphatic rings. The van der Waals surface area contributed by atoms with Crippen LogP contribution >= 0.6 is 11.3 Å². The lowest BCUT2D eigenvalue weighted by molar-refractivity contribution is 0.920. The highest BCUT2D eigenvalue weighted by atomic mass is 32.1. The first-order valence-corrected chi connectivity index (χ1v) is 6.92. The zero-order valence-corrected chi connectivity index (χ0v) is 11.0. The minimum Gasteiger partial charge on any atom is -0.370 e. The highest BCUT2D eigenvalue weighted by Gasteiger charge is 2.05. The molecule has 2 rings (SSSR count). The van der Waals surface area contributed by atoms with Crippen molar-refractivity contribution in [1.82, 2.24) is 9.97 Å². The second-order valence-electron chi connectivity index (χ2n) is 3.85. The molecule has 2 aromatic heterocycles. The molecular formula is C13H17N3S. The van der Waals surface area contributed by atoms with Gasteiger partial charge in [0.25, 0.3) is 0 Å². The molecule has 0 aliphatic carbocycles. The lowest BCUT2D eigenvalue weighted by Crippen LogP contribution is -2.05. The summed E-state index contributed by atoms with van der Waals surface area (Å²) in [5.41, 5.74) is 2.18. The van der Waals surface area contributed by atoms with Crippen molar-refractivity contribution in [2.24, 2.45) is 0 Å². The summed E-state index contributed by atoms with van der Waals surface area (Å²) < 4.78 is 0.